The van der Waals surface area contributed by atoms with Gasteiger partial charge in [0, 0.05) is 10.4 Å². The normalized spacial score (nSPS) is 19.4. The molecule has 1 atom stereocenters. The molecule has 3 heteroatoms. The second kappa shape index (κ2) is 4.00. The molecule has 3 rings (SSSR count). The fourth-order valence-corrected chi connectivity index (χ4v) is 3.26. The highest BCUT2D eigenvalue weighted by molar-refractivity contribution is 7.15. The van der Waals surface area contributed by atoms with E-state index >= 15 is 0 Å². The Balaban J connectivity index is 2.05. The van der Waals surface area contributed by atoms with E-state index in [2.05, 4.69) is 17.1 Å². The number of hydrogen-bond acceptors (Lipinski definition) is 3. The molecule has 1 aliphatic rings. The number of rotatable bonds is 1. The van der Waals surface area contributed by atoms with Gasteiger partial charge in [-0.05, 0) is 19.3 Å². The number of nitrogens with zero attached hydrogens (tertiary/aromatic N) is 1. The van der Waals surface area contributed by atoms with E-state index in [1.54, 1.807) is 11.3 Å². The highest BCUT2D eigenvalue weighted by Gasteiger charge is 2.22. The number of hydrogen-bond donors (Lipinski definition) is 1. The second-order valence-electron chi connectivity index (χ2n) is 4.10. The fraction of sp³-hybridized carbons (Fsp3) is 0.308. The quantitative estimate of drug-likeness (QED) is 0.817. The van der Waals surface area contributed by atoms with Gasteiger partial charge in [-0.25, -0.2) is 4.98 Å². The van der Waals surface area contributed by atoms with Gasteiger partial charge in [0.1, 0.15) is 5.01 Å². The molecule has 0 amide bonds. The van der Waals surface area contributed by atoms with Crippen LogP contribution in [0.2, 0.25) is 0 Å². The Kier molecular flexibility index (Phi) is 2.50. The smallest absolute Gasteiger partial charge is 0.123 e. The second-order valence-corrected chi connectivity index (χ2v) is 5.19. The first kappa shape index (κ1) is 10.00. The molecule has 0 saturated carbocycles. The molecule has 0 spiro atoms. The summed E-state index contributed by atoms with van der Waals surface area (Å²) in [5.41, 5.74) is 2.06. The van der Waals surface area contributed by atoms with Crippen LogP contribution in [0, 0.1) is 0 Å². The first-order valence-corrected chi connectivity index (χ1v) is 6.39. The topological polar surface area (TPSA) is 33.1 Å². The van der Waals surface area contributed by atoms with E-state index in [0.717, 1.165) is 35.5 Å². The molecule has 1 aromatic carbocycles. The van der Waals surface area contributed by atoms with Crippen molar-refractivity contribution in [3.8, 4) is 10.6 Å². The van der Waals surface area contributed by atoms with Crippen LogP contribution in [0.4, 0.5) is 0 Å². The number of aliphatic hydroxyl groups is 1. The summed E-state index contributed by atoms with van der Waals surface area (Å²) >= 11 is 1.72. The molecule has 0 saturated heterocycles. The minimum absolute atomic E-state index is 0.350. The van der Waals surface area contributed by atoms with Crippen molar-refractivity contribution in [2.45, 2.75) is 25.4 Å². The number of benzene rings is 1. The van der Waals surface area contributed by atoms with Crippen molar-refractivity contribution in [3.63, 3.8) is 0 Å². The van der Waals surface area contributed by atoms with Crippen molar-refractivity contribution < 1.29 is 5.11 Å². The van der Waals surface area contributed by atoms with E-state index in [1.807, 2.05) is 18.2 Å². The molecule has 0 bridgehead atoms. The van der Waals surface area contributed by atoms with Crippen molar-refractivity contribution in [1.82, 2.24) is 4.98 Å². The van der Waals surface area contributed by atoms with Gasteiger partial charge in [0.15, 0.2) is 0 Å². The fourth-order valence-electron chi connectivity index (χ4n) is 2.10. The highest BCUT2D eigenvalue weighted by atomic mass is 32.1. The maximum absolute atomic E-state index is 9.87. The van der Waals surface area contributed by atoms with Gasteiger partial charge in [0.25, 0.3) is 0 Å². The Labute approximate surface area is 98.6 Å². The monoisotopic (exact) mass is 231 g/mol. The van der Waals surface area contributed by atoms with Crippen LogP contribution in [0.15, 0.2) is 30.3 Å². The molecule has 1 unspecified atom stereocenters. The summed E-state index contributed by atoms with van der Waals surface area (Å²) in [6.45, 7) is 0. The van der Waals surface area contributed by atoms with E-state index in [0.29, 0.717) is 0 Å². The van der Waals surface area contributed by atoms with Gasteiger partial charge in [0.05, 0.1) is 11.8 Å². The summed E-state index contributed by atoms with van der Waals surface area (Å²) in [5, 5.41) is 10.9. The SMILES string of the molecule is OC1CCCc2sc(-c3ccccc3)nc21. The van der Waals surface area contributed by atoms with E-state index in [-0.39, 0.29) is 6.10 Å². The first-order valence-electron chi connectivity index (χ1n) is 5.57. The average molecular weight is 231 g/mol. The zero-order valence-electron chi connectivity index (χ0n) is 8.89. The lowest BCUT2D eigenvalue weighted by Crippen LogP contribution is -2.07. The number of aliphatic hydroxyl groups excluding tert-OH is 1. The van der Waals surface area contributed by atoms with Gasteiger partial charge in [-0.15, -0.1) is 11.3 Å². The first-order chi connectivity index (χ1) is 7.84. The molecule has 16 heavy (non-hydrogen) atoms. The number of thiazole rings is 1. The standard InChI is InChI=1S/C13H13NOS/c15-10-7-4-8-11-12(10)14-13(16-11)9-5-2-1-3-6-9/h1-3,5-6,10,15H,4,7-8H2. The summed E-state index contributed by atoms with van der Waals surface area (Å²) in [6.07, 6.45) is 2.64. The van der Waals surface area contributed by atoms with E-state index in [1.165, 1.54) is 4.88 Å². The molecule has 0 aliphatic heterocycles. The third kappa shape index (κ3) is 1.66. The lowest BCUT2D eigenvalue weighted by molar-refractivity contribution is 0.153. The molecule has 2 nitrogen and oxygen atoms in total. The van der Waals surface area contributed by atoms with Crippen LogP contribution < -0.4 is 0 Å². The predicted octanol–water partition coefficient (Wildman–Crippen LogP) is 3.18. The Hall–Kier alpha value is -1.19. The van der Waals surface area contributed by atoms with E-state index in [9.17, 15) is 5.11 Å². The molecule has 1 aliphatic carbocycles. The molecule has 0 radical (unpaired) electrons. The van der Waals surface area contributed by atoms with Gasteiger partial charge < -0.3 is 5.11 Å². The van der Waals surface area contributed by atoms with Gasteiger partial charge in [-0.1, -0.05) is 30.3 Å². The van der Waals surface area contributed by atoms with Crippen LogP contribution in [0.1, 0.15) is 29.5 Å². The molecule has 82 valence electrons. The number of aryl methyl sites for hydroxylation is 1. The molecule has 0 fully saturated rings. The Morgan fingerprint density at radius 1 is 1.25 bits per heavy atom. The largest absolute Gasteiger partial charge is 0.387 e. The van der Waals surface area contributed by atoms with Gasteiger partial charge in [-0.2, -0.15) is 0 Å². The lowest BCUT2D eigenvalue weighted by atomic mass is 10.0. The minimum Gasteiger partial charge on any atom is -0.387 e. The zero-order valence-corrected chi connectivity index (χ0v) is 9.70. The Bertz CT molecular complexity index is 492. The van der Waals surface area contributed by atoms with Crippen molar-refractivity contribution in [2.75, 3.05) is 0 Å². The number of fused-ring (bicyclic) bond motifs is 1. The van der Waals surface area contributed by atoms with E-state index < -0.39 is 0 Å². The highest BCUT2D eigenvalue weighted by Crippen LogP contribution is 2.36. The minimum atomic E-state index is -0.350. The van der Waals surface area contributed by atoms with Crippen LogP contribution in [-0.4, -0.2) is 10.1 Å². The third-order valence-electron chi connectivity index (χ3n) is 2.95. The maximum atomic E-state index is 9.87. The molecule has 1 N–H and O–H groups in total. The van der Waals surface area contributed by atoms with Gasteiger partial charge in [-0.3, -0.25) is 0 Å². The van der Waals surface area contributed by atoms with Crippen molar-refractivity contribution in [1.29, 1.82) is 0 Å². The Morgan fingerprint density at radius 2 is 2.06 bits per heavy atom. The summed E-state index contributed by atoms with van der Waals surface area (Å²) in [5.74, 6) is 0. The van der Waals surface area contributed by atoms with Crippen molar-refractivity contribution in [2.24, 2.45) is 0 Å². The number of aromatic nitrogens is 1. The molecule has 2 aromatic rings. The zero-order chi connectivity index (χ0) is 11.0. The third-order valence-corrected chi connectivity index (χ3v) is 4.13. The molecular formula is C13H13NOS. The van der Waals surface area contributed by atoms with Crippen LogP contribution in [0.3, 0.4) is 0 Å². The maximum Gasteiger partial charge on any atom is 0.123 e. The predicted molar refractivity (Wildman–Crippen MR) is 65.4 cm³/mol. The van der Waals surface area contributed by atoms with Crippen LogP contribution >= 0.6 is 11.3 Å². The summed E-state index contributed by atoms with van der Waals surface area (Å²) < 4.78 is 0. The van der Waals surface area contributed by atoms with Crippen LogP contribution in [0.5, 0.6) is 0 Å². The summed E-state index contributed by atoms with van der Waals surface area (Å²) in [4.78, 5) is 5.83. The van der Waals surface area contributed by atoms with E-state index in [4.69, 9.17) is 0 Å². The summed E-state index contributed by atoms with van der Waals surface area (Å²) in [7, 11) is 0. The average Bonchev–Trinajstić information content (AvgIpc) is 2.76. The Morgan fingerprint density at radius 3 is 2.81 bits per heavy atom. The van der Waals surface area contributed by atoms with Gasteiger partial charge in [0.2, 0.25) is 0 Å². The molecule has 1 aromatic heterocycles. The van der Waals surface area contributed by atoms with Crippen molar-refractivity contribution >= 4 is 11.3 Å². The van der Waals surface area contributed by atoms with Crippen molar-refractivity contribution in [3.05, 3.63) is 40.9 Å². The summed E-state index contributed by atoms with van der Waals surface area (Å²) in [6, 6.07) is 10.2. The molecular weight excluding hydrogens is 218 g/mol. The molecule has 1 heterocycles. The van der Waals surface area contributed by atoms with Gasteiger partial charge >= 0.3 is 0 Å². The lowest BCUT2D eigenvalue weighted by Gasteiger charge is -2.14. The van der Waals surface area contributed by atoms with Crippen LogP contribution in [-0.2, 0) is 6.42 Å². The van der Waals surface area contributed by atoms with Crippen LogP contribution in [0.25, 0.3) is 10.6 Å².